The largest absolute Gasteiger partial charge is 0.497 e. The summed E-state index contributed by atoms with van der Waals surface area (Å²) < 4.78 is 5.12. The average Bonchev–Trinajstić information content (AvgIpc) is 2.57. The Kier molecular flexibility index (Phi) is 7.60. The molecule has 0 saturated heterocycles. The lowest BCUT2D eigenvalue weighted by molar-refractivity contribution is -0.117. The number of halogens is 1. The third-order valence-corrected chi connectivity index (χ3v) is 4.76. The fourth-order valence-electron chi connectivity index (χ4n) is 3.24. The Bertz CT molecular complexity index is 556. The Morgan fingerprint density at radius 1 is 1.42 bits per heavy atom. The summed E-state index contributed by atoms with van der Waals surface area (Å²) in [7, 11) is 1.59. The summed E-state index contributed by atoms with van der Waals surface area (Å²) in [5.74, 6) is 1.30. The van der Waals surface area contributed by atoms with Gasteiger partial charge in [0.15, 0.2) is 0 Å². The molecule has 1 amide bonds. The Morgan fingerprint density at radius 2 is 2.17 bits per heavy atom. The van der Waals surface area contributed by atoms with Crippen LogP contribution in [0.15, 0.2) is 30.9 Å². The number of carbonyl (C=O) groups is 1. The predicted octanol–water partition coefficient (Wildman–Crippen LogP) is 4.36. The highest BCUT2D eigenvalue weighted by Crippen LogP contribution is 2.27. The number of anilines is 1. The van der Waals surface area contributed by atoms with Crippen LogP contribution in [0.3, 0.4) is 0 Å². The number of methoxy groups -OCH3 is 1. The first-order valence-corrected chi connectivity index (χ1v) is 8.96. The summed E-state index contributed by atoms with van der Waals surface area (Å²) in [6.45, 7) is 5.84. The molecule has 1 aliphatic carbocycles. The molecule has 1 aromatic carbocycles. The lowest BCUT2D eigenvalue weighted by atomic mass is 9.89. The maximum absolute atomic E-state index is 12.4. The number of benzene rings is 1. The third kappa shape index (κ3) is 5.84. The summed E-state index contributed by atoms with van der Waals surface area (Å²) in [6.07, 6.45) is 8.34. The van der Waals surface area contributed by atoms with Gasteiger partial charge in [-0.3, -0.25) is 9.69 Å². The highest BCUT2D eigenvalue weighted by molar-refractivity contribution is 6.33. The van der Waals surface area contributed by atoms with Crippen LogP contribution in [0.4, 0.5) is 5.69 Å². The van der Waals surface area contributed by atoms with Crippen LogP contribution < -0.4 is 10.1 Å². The zero-order valence-electron chi connectivity index (χ0n) is 14.4. The Hall–Kier alpha value is -1.52. The highest BCUT2D eigenvalue weighted by Gasteiger charge is 2.18. The van der Waals surface area contributed by atoms with Crippen molar-refractivity contribution in [3.05, 3.63) is 35.9 Å². The zero-order valence-corrected chi connectivity index (χ0v) is 15.1. The van der Waals surface area contributed by atoms with E-state index in [2.05, 4.69) is 16.8 Å². The molecule has 0 atom stereocenters. The van der Waals surface area contributed by atoms with Gasteiger partial charge in [0.1, 0.15) is 5.75 Å². The first-order chi connectivity index (χ1) is 11.6. The SMILES string of the molecule is C=CCN(CC(=O)Nc1ccc(OC)cc1Cl)CC1CCCCC1. The number of nitrogens with one attached hydrogen (secondary N) is 1. The maximum atomic E-state index is 12.4. The molecule has 0 aromatic heterocycles. The van der Waals surface area contributed by atoms with Crippen LogP contribution in [-0.4, -0.2) is 37.6 Å². The van der Waals surface area contributed by atoms with Crippen LogP contribution in [0, 0.1) is 5.92 Å². The van der Waals surface area contributed by atoms with E-state index in [1.165, 1.54) is 32.1 Å². The maximum Gasteiger partial charge on any atom is 0.238 e. The first-order valence-electron chi connectivity index (χ1n) is 8.59. The smallest absolute Gasteiger partial charge is 0.238 e. The molecule has 1 N–H and O–H groups in total. The number of hydrogen-bond donors (Lipinski definition) is 1. The van der Waals surface area contributed by atoms with Crippen molar-refractivity contribution >= 4 is 23.2 Å². The van der Waals surface area contributed by atoms with E-state index >= 15 is 0 Å². The lowest BCUT2D eigenvalue weighted by Crippen LogP contribution is -2.37. The van der Waals surface area contributed by atoms with Crippen LogP contribution in [0.2, 0.25) is 5.02 Å². The highest BCUT2D eigenvalue weighted by atomic mass is 35.5. The molecule has 0 aliphatic heterocycles. The summed E-state index contributed by atoms with van der Waals surface area (Å²) >= 11 is 6.18. The van der Waals surface area contributed by atoms with Crippen molar-refractivity contribution in [2.75, 3.05) is 32.1 Å². The Morgan fingerprint density at radius 3 is 2.79 bits per heavy atom. The van der Waals surface area contributed by atoms with Crippen LogP contribution >= 0.6 is 11.6 Å². The van der Waals surface area contributed by atoms with Crippen molar-refractivity contribution in [2.45, 2.75) is 32.1 Å². The molecule has 0 heterocycles. The van der Waals surface area contributed by atoms with E-state index in [0.29, 0.717) is 28.9 Å². The molecule has 0 bridgehead atoms. The lowest BCUT2D eigenvalue weighted by Gasteiger charge is -2.28. The van der Waals surface area contributed by atoms with Crippen LogP contribution in [-0.2, 0) is 4.79 Å². The zero-order chi connectivity index (χ0) is 17.4. The van der Waals surface area contributed by atoms with Gasteiger partial charge in [0, 0.05) is 19.2 Å². The fourth-order valence-corrected chi connectivity index (χ4v) is 3.46. The van der Waals surface area contributed by atoms with Crippen LogP contribution in [0.1, 0.15) is 32.1 Å². The van der Waals surface area contributed by atoms with Gasteiger partial charge in [-0.2, -0.15) is 0 Å². The molecular formula is C19H27ClN2O2. The summed E-state index contributed by atoms with van der Waals surface area (Å²) in [6, 6.07) is 5.24. The van der Waals surface area contributed by atoms with E-state index in [-0.39, 0.29) is 5.91 Å². The molecule has 24 heavy (non-hydrogen) atoms. The van der Waals surface area contributed by atoms with Crippen molar-refractivity contribution in [3.8, 4) is 5.75 Å². The number of carbonyl (C=O) groups excluding carboxylic acids is 1. The van der Waals surface area contributed by atoms with Gasteiger partial charge in [-0.25, -0.2) is 0 Å². The standard InChI is InChI=1S/C19H27ClN2O2/c1-3-11-22(13-15-7-5-4-6-8-15)14-19(23)21-18-10-9-16(24-2)12-17(18)20/h3,9-10,12,15H,1,4-8,11,13-14H2,2H3,(H,21,23). The number of hydrogen-bond acceptors (Lipinski definition) is 3. The molecule has 2 rings (SSSR count). The van der Waals surface area contributed by atoms with Crippen LogP contribution in [0.25, 0.3) is 0 Å². The van der Waals surface area contributed by atoms with Crippen molar-refractivity contribution in [2.24, 2.45) is 5.92 Å². The molecule has 4 nitrogen and oxygen atoms in total. The van der Waals surface area contributed by atoms with E-state index in [1.54, 1.807) is 25.3 Å². The van der Waals surface area contributed by atoms with Gasteiger partial charge in [-0.15, -0.1) is 6.58 Å². The van der Waals surface area contributed by atoms with E-state index < -0.39 is 0 Å². The average molecular weight is 351 g/mol. The van der Waals surface area contributed by atoms with Gasteiger partial charge >= 0.3 is 0 Å². The molecule has 1 fully saturated rings. The monoisotopic (exact) mass is 350 g/mol. The first kappa shape index (κ1) is 18.8. The second-order valence-electron chi connectivity index (χ2n) is 6.38. The molecule has 0 radical (unpaired) electrons. The van der Waals surface area contributed by atoms with Gasteiger partial charge in [0.05, 0.1) is 24.4 Å². The molecule has 5 heteroatoms. The molecule has 132 valence electrons. The van der Waals surface area contributed by atoms with Crippen molar-refractivity contribution < 1.29 is 9.53 Å². The Labute approximate surface area is 149 Å². The van der Waals surface area contributed by atoms with Crippen molar-refractivity contribution in [1.82, 2.24) is 4.90 Å². The fraction of sp³-hybridized carbons (Fsp3) is 0.526. The topological polar surface area (TPSA) is 41.6 Å². The third-order valence-electron chi connectivity index (χ3n) is 4.45. The molecule has 1 aliphatic rings. The summed E-state index contributed by atoms with van der Waals surface area (Å²) in [5, 5.41) is 3.36. The van der Waals surface area contributed by atoms with Crippen molar-refractivity contribution in [3.63, 3.8) is 0 Å². The van der Waals surface area contributed by atoms with E-state index in [0.717, 1.165) is 13.1 Å². The number of rotatable bonds is 8. The van der Waals surface area contributed by atoms with Gasteiger partial charge in [-0.1, -0.05) is 36.9 Å². The molecule has 0 spiro atoms. The molecule has 0 unspecified atom stereocenters. The van der Waals surface area contributed by atoms with Crippen molar-refractivity contribution in [1.29, 1.82) is 0 Å². The predicted molar refractivity (Wildman–Crippen MR) is 99.8 cm³/mol. The second kappa shape index (κ2) is 9.70. The van der Waals surface area contributed by atoms with E-state index in [9.17, 15) is 4.79 Å². The number of nitrogens with zero attached hydrogens (tertiary/aromatic N) is 1. The van der Waals surface area contributed by atoms with Gasteiger partial charge in [-0.05, 0) is 30.9 Å². The van der Waals surface area contributed by atoms with Gasteiger partial charge in [0.2, 0.25) is 5.91 Å². The van der Waals surface area contributed by atoms with Gasteiger partial charge < -0.3 is 10.1 Å². The number of ether oxygens (including phenoxy) is 1. The van der Waals surface area contributed by atoms with Gasteiger partial charge in [0.25, 0.3) is 0 Å². The summed E-state index contributed by atoms with van der Waals surface area (Å²) in [5.41, 5.74) is 0.610. The van der Waals surface area contributed by atoms with E-state index in [4.69, 9.17) is 16.3 Å². The minimum absolute atomic E-state index is 0.0558. The number of amides is 1. The quantitative estimate of drug-likeness (QED) is 0.708. The minimum Gasteiger partial charge on any atom is -0.497 e. The van der Waals surface area contributed by atoms with E-state index in [1.807, 2.05) is 6.08 Å². The summed E-state index contributed by atoms with van der Waals surface area (Å²) in [4.78, 5) is 14.5. The molecular weight excluding hydrogens is 324 g/mol. The normalized spacial score (nSPS) is 15.3. The molecule has 1 aromatic rings. The second-order valence-corrected chi connectivity index (χ2v) is 6.79. The van der Waals surface area contributed by atoms with Crippen LogP contribution in [0.5, 0.6) is 5.75 Å². The Balaban J connectivity index is 1.90. The molecule has 1 saturated carbocycles. The minimum atomic E-state index is -0.0558.